The molecule has 0 aromatic carbocycles. The van der Waals surface area contributed by atoms with Crippen molar-refractivity contribution in [2.24, 2.45) is 0 Å². The number of thioether (sulfide) groups is 1. The fourth-order valence-electron chi connectivity index (χ4n) is 2.25. The van der Waals surface area contributed by atoms with Crippen molar-refractivity contribution < 1.29 is 9.90 Å². The third-order valence-corrected chi connectivity index (χ3v) is 4.13. The van der Waals surface area contributed by atoms with E-state index in [9.17, 15) is 9.90 Å². The Kier molecular flexibility index (Phi) is 5.13. The fraction of sp³-hybridized carbons (Fsp3) is 0.500. The van der Waals surface area contributed by atoms with Crippen molar-refractivity contribution in [2.45, 2.75) is 32.1 Å². The van der Waals surface area contributed by atoms with Gasteiger partial charge in [-0.3, -0.25) is 4.79 Å². The summed E-state index contributed by atoms with van der Waals surface area (Å²) in [6.07, 6.45) is 4.04. The van der Waals surface area contributed by atoms with Gasteiger partial charge in [0.05, 0.1) is 17.0 Å². The second-order valence-corrected chi connectivity index (χ2v) is 7.24. The number of hydrogen-bond donors (Lipinski definition) is 1. The van der Waals surface area contributed by atoms with Gasteiger partial charge in [0.2, 0.25) is 5.91 Å². The van der Waals surface area contributed by atoms with Crippen LogP contribution in [-0.4, -0.2) is 50.2 Å². The second kappa shape index (κ2) is 6.71. The van der Waals surface area contributed by atoms with Crippen molar-refractivity contribution in [3.63, 3.8) is 0 Å². The van der Waals surface area contributed by atoms with E-state index in [4.69, 9.17) is 0 Å². The molecule has 2 aromatic rings. The maximum absolute atomic E-state index is 12.0. The molecule has 0 saturated carbocycles. The lowest BCUT2D eigenvalue weighted by Crippen LogP contribution is -2.40. The molecule has 1 N–H and O–H groups in total. The highest BCUT2D eigenvalue weighted by molar-refractivity contribution is 7.99. The Morgan fingerprint density at radius 1 is 1.41 bits per heavy atom. The van der Waals surface area contributed by atoms with Gasteiger partial charge in [0.1, 0.15) is 5.65 Å². The van der Waals surface area contributed by atoms with Gasteiger partial charge in [-0.15, -0.1) is 11.8 Å². The van der Waals surface area contributed by atoms with Crippen molar-refractivity contribution in [3.05, 3.63) is 35.8 Å². The van der Waals surface area contributed by atoms with Crippen LogP contribution >= 0.6 is 11.8 Å². The molecule has 6 heteroatoms. The van der Waals surface area contributed by atoms with Crippen LogP contribution < -0.4 is 0 Å². The Balaban J connectivity index is 1.86. The Hall–Kier alpha value is -1.53. The van der Waals surface area contributed by atoms with Crippen LogP contribution in [0.4, 0.5) is 0 Å². The van der Waals surface area contributed by atoms with E-state index in [1.54, 1.807) is 25.8 Å². The van der Waals surface area contributed by atoms with E-state index in [-0.39, 0.29) is 5.91 Å². The molecule has 0 saturated heterocycles. The summed E-state index contributed by atoms with van der Waals surface area (Å²) in [5.41, 5.74) is 2.21. The molecule has 0 fully saturated rings. The standard InChI is InChI=1S/C16H23N3O2S/c1-12-5-6-14-17-13(8-19(14)7-12)9-22-10-15(20)18(4)11-16(2,3)21/h5-8,21H,9-11H2,1-4H3. The number of likely N-dealkylation sites (N-methyl/N-ethyl adjacent to an activating group) is 1. The smallest absolute Gasteiger partial charge is 0.232 e. The molecule has 0 bridgehead atoms. The summed E-state index contributed by atoms with van der Waals surface area (Å²) in [5, 5.41) is 9.73. The minimum atomic E-state index is -0.867. The average molecular weight is 321 g/mol. The molecule has 2 aromatic heterocycles. The highest BCUT2D eigenvalue weighted by Crippen LogP contribution is 2.14. The highest BCUT2D eigenvalue weighted by Gasteiger charge is 2.19. The van der Waals surface area contributed by atoms with Crippen LogP contribution in [0.25, 0.3) is 5.65 Å². The number of nitrogens with zero attached hydrogens (tertiary/aromatic N) is 3. The third-order valence-electron chi connectivity index (χ3n) is 3.17. The largest absolute Gasteiger partial charge is 0.389 e. The summed E-state index contributed by atoms with van der Waals surface area (Å²) in [6.45, 7) is 5.77. The van der Waals surface area contributed by atoms with Crippen molar-refractivity contribution >= 4 is 23.3 Å². The van der Waals surface area contributed by atoms with E-state index in [0.717, 1.165) is 11.3 Å². The van der Waals surface area contributed by atoms with Gasteiger partial charge in [-0.1, -0.05) is 6.07 Å². The normalized spacial score (nSPS) is 11.9. The number of aromatic nitrogens is 2. The highest BCUT2D eigenvalue weighted by atomic mass is 32.2. The predicted octanol–water partition coefficient (Wildman–Crippen LogP) is 2.11. The minimum absolute atomic E-state index is 0.0201. The number of aryl methyl sites for hydroxylation is 1. The zero-order valence-corrected chi connectivity index (χ0v) is 14.4. The fourth-order valence-corrected chi connectivity index (χ4v) is 3.09. The number of carbonyl (C=O) groups is 1. The summed E-state index contributed by atoms with van der Waals surface area (Å²) in [4.78, 5) is 18.1. The van der Waals surface area contributed by atoms with Crippen molar-refractivity contribution in [3.8, 4) is 0 Å². The van der Waals surface area contributed by atoms with Crippen LogP contribution in [0.3, 0.4) is 0 Å². The molecule has 1 amide bonds. The van der Waals surface area contributed by atoms with Gasteiger partial charge in [0, 0.05) is 31.7 Å². The van der Waals surface area contributed by atoms with Gasteiger partial charge < -0.3 is 14.4 Å². The molecule has 0 unspecified atom stereocenters. The first-order valence-corrected chi connectivity index (χ1v) is 8.38. The van der Waals surface area contributed by atoms with E-state index < -0.39 is 5.60 Å². The summed E-state index contributed by atoms with van der Waals surface area (Å²) in [7, 11) is 1.72. The lowest BCUT2D eigenvalue weighted by atomic mass is 10.1. The van der Waals surface area contributed by atoms with Gasteiger partial charge in [0.15, 0.2) is 0 Å². The van der Waals surface area contributed by atoms with Crippen LogP contribution in [0.15, 0.2) is 24.5 Å². The molecule has 0 aliphatic rings. The lowest BCUT2D eigenvalue weighted by molar-refractivity contribution is -0.129. The number of aliphatic hydroxyl groups is 1. The first-order chi connectivity index (χ1) is 10.2. The quantitative estimate of drug-likeness (QED) is 0.885. The third kappa shape index (κ3) is 4.74. The zero-order chi connectivity index (χ0) is 16.3. The Morgan fingerprint density at radius 3 is 2.82 bits per heavy atom. The van der Waals surface area contributed by atoms with Gasteiger partial charge in [0.25, 0.3) is 0 Å². The lowest BCUT2D eigenvalue weighted by Gasteiger charge is -2.25. The van der Waals surface area contributed by atoms with Crippen LogP contribution in [0.5, 0.6) is 0 Å². The molecule has 0 aliphatic carbocycles. The molecule has 2 heterocycles. The maximum atomic E-state index is 12.0. The Labute approximate surface area is 135 Å². The SMILES string of the molecule is Cc1ccc2nc(CSCC(=O)N(C)CC(C)(C)O)cn2c1. The van der Waals surface area contributed by atoms with Crippen LogP contribution in [0, 0.1) is 6.92 Å². The number of amides is 1. The van der Waals surface area contributed by atoms with Crippen molar-refractivity contribution in [2.75, 3.05) is 19.3 Å². The number of rotatable bonds is 6. The molecule has 5 nitrogen and oxygen atoms in total. The topological polar surface area (TPSA) is 57.8 Å². The number of carbonyl (C=O) groups excluding carboxylic acids is 1. The van der Waals surface area contributed by atoms with Crippen molar-refractivity contribution in [1.29, 1.82) is 0 Å². The maximum Gasteiger partial charge on any atom is 0.232 e. The molecule has 120 valence electrons. The predicted molar refractivity (Wildman–Crippen MR) is 90.0 cm³/mol. The number of hydrogen-bond acceptors (Lipinski definition) is 4. The monoisotopic (exact) mass is 321 g/mol. The molecule has 22 heavy (non-hydrogen) atoms. The minimum Gasteiger partial charge on any atom is -0.389 e. The molecule has 0 atom stereocenters. The molecule has 2 rings (SSSR count). The van der Waals surface area contributed by atoms with E-state index in [2.05, 4.69) is 4.98 Å². The summed E-state index contributed by atoms with van der Waals surface area (Å²) < 4.78 is 2.01. The van der Waals surface area contributed by atoms with E-state index in [1.165, 1.54) is 17.3 Å². The van der Waals surface area contributed by atoms with E-state index in [0.29, 0.717) is 18.1 Å². The molecular formula is C16H23N3O2S. The Bertz CT molecular complexity index is 661. The first kappa shape index (κ1) is 16.8. The van der Waals surface area contributed by atoms with Crippen LogP contribution in [0.1, 0.15) is 25.1 Å². The Morgan fingerprint density at radius 2 is 2.14 bits per heavy atom. The van der Waals surface area contributed by atoms with E-state index in [1.807, 2.05) is 35.9 Å². The summed E-state index contributed by atoms with van der Waals surface area (Å²) in [5.74, 6) is 1.11. The van der Waals surface area contributed by atoms with E-state index >= 15 is 0 Å². The van der Waals surface area contributed by atoms with Gasteiger partial charge in [-0.2, -0.15) is 0 Å². The average Bonchev–Trinajstić information content (AvgIpc) is 2.78. The van der Waals surface area contributed by atoms with Gasteiger partial charge in [-0.05, 0) is 32.4 Å². The second-order valence-electron chi connectivity index (χ2n) is 6.26. The number of pyridine rings is 1. The summed E-state index contributed by atoms with van der Waals surface area (Å²) >= 11 is 1.54. The van der Waals surface area contributed by atoms with Gasteiger partial charge >= 0.3 is 0 Å². The van der Waals surface area contributed by atoms with Crippen molar-refractivity contribution in [1.82, 2.24) is 14.3 Å². The zero-order valence-electron chi connectivity index (χ0n) is 13.5. The molecule has 0 spiro atoms. The van der Waals surface area contributed by atoms with Crippen LogP contribution in [-0.2, 0) is 10.5 Å². The number of imidazole rings is 1. The summed E-state index contributed by atoms with van der Waals surface area (Å²) in [6, 6.07) is 4.03. The molecule has 0 aliphatic heterocycles. The molecule has 0 radical (unpaired) electrons. The first-order valence-electron chi connectivity index (χ1n) is 7.23. The van der Waals surface area contributed by atoms with Crippen LogP contribution in [0.2, 0.25) is 0 Å². The van der Waals surface area contributed by atoms with Gasteiger partial charge in [-0.25, -0.2) is 4.98 Å². The molecular weight excluding hydrogens is 298 g/mol. The number of fused-ring (bicyclic) bond motifs is 1.